The monoisotopic (exact) mass is 784 g/mol. The van der Waals surface area contributed by atoms with Crippen molar-refractivity contribution in [2.24, 2.45) is 23.7 Å². The number of ether oxygens (including phenoxy) is 2. The van der Waals surface area contributed by atoms with Gasteiger partial charge in [-0.25, -0.2) is 4.98 Å². The number of likely N-dealkylation sites (N-methyl/N-ethyl adjacent to an activating group) is 2. The van der Waals surface area contributed by atoms with E-state index >= 15 is 0 Å². The molecule has 2 heterocycles. The highest BCUT2D eigenvalue weighted by molar-refractivity contribution is 7.09. The first-order valence-electron chi connectivity index (χ1n) is 19.9. The summed E-state index contributed by atoms with van der Waals surface area (Å²) >= 11 is 1.51. The second-order valence-electron chi connectivity index (χ2n) is 16.1. The average Bonchev–Trinajstić information content (AvgIpc) is 3.87. The van der Waals surface area contributed by atoms with Gasteiger partial charge < -0.3 is 29.9 Å². The molecule has 1 aliphatic heterocycles. The number of benzene rings is 1. The molecule has 1 aliphatic rings. The molecule has 0 aliphatic carbocycles. The molecule has 13 heteroatoms. The van der Waals surface area contributed by atoms with E-state index in [0.29, 0.717) is 19.4 Å². The molecule has 2 aromatic rings. The Kier molecular flexibility index (Phi) is 18.2. The molecule has 308 valence electrons. The van der Waals surface area contributed by atoms with Gasteiger partial charge in [0.25, 0.3) is 0 Å². The van der Waals surface area contributed by atoms with E-state index in [9.17, 15) is 19.2 Å². The van der Waals surface area contributed by atoms with E-state index in [1.54, 1.807) is 32.4 Å². The van der Waals surface area contributed by atoms with E-state index in [2.05, 4.69) is 29.5 Å². The fourth-order valence-electron chi connectivity index (χ4n) is 8.17. The van der Waals surface area contributed by atoms with E-state index in [0.717, 1.165) is 23.4 Å². The topological polar surface area (TPSA) is 133 Å². The first-order chi connectivity index (χ1) is 26.1. The van der Waals surface area contributed by atoms with E-state index in [4.69, 9.17) is 9.47 Å². The summed E-state index contributed by atoms with van der Waals surface area (Å²) in [6, 6.07) is 7.83. The van der Waals surface area contributed by atoms with E-state index in [-0.39, 0.29) is 65.9 Å². The van der Waals surface area contributed by atoms with Crippen LogP contribution in [0.3, 0.4) is 0 Å². The Balaban J connectivity index is 1.79. The Labute approximate surface area is 334 Å². The third-order valence-electron chi connectivity index (χ3n) is 11.3. The Morgan fingerprint density at radius 3 is 2.15 bits per heavy atom. The van der Waals surface area contributed by atoms with Gasteiger partial charge in [0.15, 0.2) is 0 Å². The Hall–Kier alpha value is -3.39. The number of aromatic nitrogens is 1. The van der Waals surface area contributed by atoms with E-state index in [1.807, 2.05) is 94.2 Å². The Bertz CT molecular complexity index is 1480. The number of hydrogen-bond donors (Lipinski definition) is 2. The van der Waals surface area contributed by atoms with Crippen molar-refractivity contribution >= 4 is 35.0 Å². The van der Waals surface area contributed by atoms with Gasteiger partial charge in [-0.3, -0.25) is 24.1 Å². The summed E-state index contributed by atoms with van der Waals surface area (Å²) in [5.41, 5.74) is 1.09. The predicted molar refractivity (Wildman–Crippen MR) is 218 cm³/mol. The molecule has 0 radical (unpaired) electrons. The van der Waals surface area contributed by atoms with Crippen LogP contribution in [0.25, 0.3) is 0 Å². The molecule has 3 rings (SSSR count). The van der Waals surface area contributed by atoms with E-state index < -0.39 is 30.2 Å². The van der Waals surface area contributed by atoms with Gasteiger partial charge >= 0.3 is 0 Å². The average molecular weight is 785 g/mol. The van der Waals surface area contributed by atoms with Crippen LogP contribution in [0.5, 0.6) is 0 Å². The summed E-state index contributed by atoms with van der Waals surface area (Å²) in [5.74, 6) is -1.35. The maximum Gasteiger partial charge on any atom is 0.245 e. The molecule has 1 aromatic carbocycles. The van der Waals surface area contributed by atoms with Crippen molar-refractivity contribution in [3.63, 3.8) is 0 Å². The lowest BCUT2D eigenvalue weighted by Crippen LogP contribution is -2.59. The van der Waals surface area contributed by atoms with Gasteiger partial charge in [0.2, 0.25) is 23.6 Å². The lowest BCUT2D eigenvalue weighted by molar-refractivity contribution is -0.148. The fourth-order valence-corrected chi connectivity index (χ4v) is 8.86. The third-order valence-corrected chi connectivity index (χ3v) is 12.2. The zero-order valence-electron chi connectivity index (χ0n) is 35.3. The molecule has 4 amide bonds. The lowest BCUT2D eigenvalue weighted by atomic mass is 9.89. The van der Waals surface area contributed by atoms with Crippen molar-refractivity contribution < 1.29 is 28.7 Å². The largest absolute Gasteiger partial charge is 0.379 e. The van der Waals surface area contributed by atoms with Gasteiger partial charge in [-0.1, -0.05) is 85.2 Å². The first-order valence-corrected chi connectivity index (χ1v) is 20.8. The number of carbonyl (C=O) groups excluding carboxylic acids is 4. The number of nitrogens with zero attached hydrogens (tertiary/aromatic N) is 4. The number of likely N-dealkylation sites (tertiary alicyclic amines) is 1. The SMILES string of the molecule is CCC(C)[C@@H]([C@@H](CC(=O)N1CCC[C@H]1[C@H](OC)[C@H](C)C(=O)N[C@@H](Cc1ccccc1)c1nccs1)OC)N(C)C(=O)[C@@H](NC(=O)[C@H](C(C)C)N(C)C)C(C)C. The molecule has 1 saturated heterocycles. The summed E-state index contributed by atoms with van der Waals surface area (Å²) in [5, 5.41) is 9.02. The lowest BCUT2D eigenvalue weighted by Gasteiger charge is -2.41. The van der Waals surface area contributed by atoms with Crippen LogP contribution < -0.4 is 10.6 Å². The molecule has 55 heavy (non-hydrogen) atoms. The van der Waals surface area contributed by atoms with Crippen LogP contribution in [0.15, 0.2) is 41.9 Å². The fraction of sp³-hybridized carbons (Fsp3) is 0.690. The summed E-state index contributed by atoms with van der Waals surface area (Å²) in [4.78, 5) is 65.8. The van der Waals surface area contributed by atoms with Gasteiger partial charge in [0.05, 0.1) is 48.7 Å². The number of methoxy groups -OCH3 is 2. The number of thiazole rings is 1. The van der Waals surface area contributed by atoms with Crippen LogP contribution in [-0.4, -0.2) is 122 Å². The van der Waals surface area contributed by atoms with Crippen molar-refractivity contribution in [1.29, 1.82) is 0 Å². The van der Waals surface area contributed by atoms with Gasteiger partial charge in [-0.2, -0.15) is 0 Å². The van der Waals surface area contributed by atoms with Gasteiger partial charge in [-0.15, -0.1) is 11.3 Å². The zero-order chi connectivity index (χ0) is 41.0. The number of carbonyl (C=O) groups is 4. The quantitative estimate of drug-likeness (QED) is 0.177. The van der Waals surface area contributed by atoms with Gasteiger partial charge in [0.1, 0.15) is 11.0 Å². The number of rotatable bonds is 21. The minimum atomic E-state index is -0.751. The first kappa shape index (κ1) is 46.0. The third kappa shape index (κ3) is 12.1. The number of hydrogen-bond acceptors (Lipinski definition) is 9. The van der Waals surface area contributed by atoms with Crippen molar-refractivity contribution in [2.75, 3.05) is 41.9 Å². The highest BCUT2D eigenvalue weighted by Gasteiger charge is 2.43. The summed E-state index contributed by atoms with van der Waals surface area (Å²) in [6.07, 6.45) is 3.49. The molecule has 0 saturated carbocycles. The summed E-state index contributed by atoms with van der Waals surface area (Å²) in [6.45, 7) is 14.3. The molecule has 9 atom stereocenters. The van der Waals surface area contributed by atoms with E-state index in [1.165, 1.54) is 11.3 Å². The summed E-state index contributed by atoms with van der Waals surface area (Å²) < 4.78 is 12.1. The molecule has 1 fully saturated rings. The second kappa shape index (κ2) is 21.8. The molecule has 12 nitrogen and oxygen atoms in total. The maximum absolute atomic E-state index is 14.3. The highest BCUT2D eigenvalue weighted by Crippen LogP contribution is 2.30. The molecule has 0 bridgehead atoms. The molecular formula is C42H68N6O6S. The zero-order valence-corrected chi connectivity index (χ0v) is 36.1. The van der Waals surface area contributed by atoms with Crippen LogP contribution in [0.1, 0.15) is 90.8 Å². The summed E-state index contributed by atoms with van der Waals surface area (Å²) in [7, 11) is 8.66. The molecule has 1 aromatic heterocycles. The highest BCUT2D eigenvalue weighted by atomic mass is 32.1. The van der Waals surface area contributed by atoms with Gasteiger partial charge in [0, 0.05) is 39.4 Å². The van der Waals surface area contributed by atoms with Crippen LogP contribution in [0.2, 0.25) is 0 Å². The Morgan fingerprint density at radius 1 is 0.945 bits per heavy atom. The smallest absolute Gasteiger partial charge is 0.245 e. The molecule has 1 unspecified atom stereocenters. The Morgan fingerprint density at radius 2 is 1.62 bits per heavy atom. The molecular weight excluding hydrogens is 717 g/mol. The van der Waals surface area contributed by atoms with Crippen molar-refractivity contribution in [3.8, 4) is 0 Å². The van der Waals surface area contributed by atoms with Crippen molar-refractivity contribution in [3.05, 3.63) is 52.5 Å². The van der Waals surface area contributed by atoms with Gasteiger partial charge in [-0.05, 0) is 56.7 Å². The standard InChI is InChI=1S/C42H68N6O6S/c1-13-28(6)37(47(10)42(52)35(26(2)3)45-40(51)36(27(4)5)46(8)9)33(53-11)25-34(49)48-22-17-20-32(48)38(54-12)29(7)39(50)44-31(41-43-21-23-55-41)24-30-18-15-14-16-19-30/h14-16,18-19,21,23,26-29,31-33,35-38H,13,17,20,22,24-25H2,1-12H3,(H,44,50)(H,45,51)/t28?,29-,31-,32-,33+,35-,36-,37-,38+/m0/s1. The van der Waals surface area contributed by atoms with Crippen LogP contribution in [-0.2, 0) is 35.1 Å². The predicted octanol–water partition coefficient (Wildman–Crippen LogP) is 5.19. The van der Waals surface area contributed by atoms with Crippen LogP contribution in [0, 0.1) is 23.7 Å². The van der Waals surface area contributed by atoms with Crippen LogP contribution in [0.4, 0.5) is 0 Å². The normalized spacial score (nSPS) is 19.0. The second-order valence-corrected chi connectivity index (χ2v) is 17.0. The molecule has 2 N–H and O–H groups in total. The van der Waals surface area contributed by atoms with Crippen LogP contribution >= 0.6 is 11.3 Å². The minimum absolute atomic E-state index is 0.00751. The van der Waals surface area contributed by atoms with Crippen molar-refractivity contribution in [2.45, 2.75) is 123 Å². The number of nitrogens with one attached hydrogen (secondary N) is 2. The number of amides is 4. The molecule has 0 spiro atoms. The van der Waals surface area contributed by atoms with Crippen molar-refractivity contribution in [1.82, 2.24) is 30.3 Å². The maximum atomic E-state index is 14.3. The minimum Gasteiger partial charge on any atom is -0.379 e.